The van der Waals surface area contributed by atoms with E-state index in [1.807, 2.05) is 18.2 Å². The fraction of sp³-hybridized carbons (Fsp3) is 0.176. The number of rotatable bonds is 5. The topological polar surface area (TPSA) is 9.23 Å². The molecule has 0 aliphatic carbocycles. The third-order valence-corrected chi connectivity index (χ3v) is 2.84. The monoisotopic (exact) mass is 238 g/mol. The van der Waals surface area contributed by atoms with Crippen molar-refractivity contribution in [1.82, 2.24) is 0 Å². The Hall–Kier alpha value is -2.02. The van der Waals surface area contributed by atoms with Crippen LogP contribution in [0.1, 0.15) is 17.5 Å². The molecule has 0 atom stereocenters. The second-order valence-corrected chi connectivity index (χ2v) is 4.20. The van der Waals surface area contributed by atoms with Crippen LogP contribution in [0.4, 0.5) is 0 Å². The Morgan fingerprint density at radius 1 is 1.00 bits per heavy atom. The Balaban J connectivity index is 1.86. The van der Waals surface area contributed by atoms with E-state index in [0.717, 1.165) is 18.6 Å². The lowest BCUT2D eigenvalue weighted by molar-refractivity contribution is 0.414. The van der Waals surface area contributed by atoms with Gasteiger partial charge in [-0.2, -0.15) is 0 Å². The van der Waals surface area contributed by atoms with E-state index in [1.54, 1.807) is 7.11 Å². The molecule has 1 heteroatoms. The number of methoxy groups -OCH3 is 1. The van der Waals surface area contributed by atoms with Crippen molar-refractivity contribution < 1.29 is 4.74 Å². The summed E-state index contributed by atoms with van der Waals surface area (Å²) in [6.45, 7) is 0. The SMILES string of the molecule is COc1cccc(CC/C=C\c2ccccc2)c1. The lowest BCUT2D eigenvalue weighted by atomic mass is 10.1. The third kappa shape index (κ3) is 3.77. The number of aryl methyl sites for hydroxylation is 1. The summed E-state index contributed by atoms with van der Waals surface area (Å²) in [7, 11) is 1.70. The first kappa shape index (κ1) is 12.4. The molecule has 0 heterocycles. The lowest BCUT2D eigenvalue weighted by Gasteiger charge is -2.02. The van der Waals surface area contributed by atoms with Crippen LogP contribution in [-0.4, -0.2) is 7.11 Å². The average Bonchev–Trinajstić information content (AvgIpc) is 2.45. The van der Waals surface area contributed by atoms with Gasteiger partial charge in [-0.25, -0.2) is 0 Å². The van der Waals surface area contributed by atoms with Gasteiger partial charge in [-0.1, -0.05) is 54.6 Å². The molecule has 0 saturated heterocycles. The highest BCUT2D eigenvalue weighted by atomic mass is 16.5. The van der Waals surface area contributed by atoms with Crippen molar-refractivity contribution in [3.8, 4) is 5.75 Å². The predicted molar refractivity (Wildman–Crippen MR) is 76.8 cm³/mol. The molecule has 0 unspecified atom stereocenters. The van der Waals surface area contributed by atoms with Gasteiger partial charge in [0, 0.05) is 0 Å². The Kier molecular flexibility index (Phi) is 4.60. The van der Waals surface area contributed by atoms with Crippen LogP contribution >= 0.6 is 0 Å². The molecular formula is C17H18O. The van der Waals surface area contributed by atoms with Crippen molar-refractivity contribution >= 4 is 6.08 Å². The normalized spacial score (nSPS) is 10.7. The zero-order valence-electron chi connectivity index (χ0n) is 10.7. The highest BCUT2D eigenvalue weighted by Gasteiger charge is 1.94. The van der Waals surface area contributed by atoms with Gasteiger partial charge in [0.05, 0.1) is 7.11 Å². The Labute approximate surface area is 109 Å². The summed E-state index contributed by atoms with van der Waals surface area (Å²) in [5, 5.41) is 0. The number of hydrogen-bond acceptors (Lipinski definition) is 1. The van der Waals surface area contributed by atoms with Crippen molar-refractivity contribution in [3.63, 3.8) is 0 Å². The van der Waals surface area contributed by atoms with Crippen LogP contribution in [-0.2, 0) is 6.42 Å². The molecule has 0 aromatic heterocycles. The molecule has 0 spiro atoms. The molecule has 2 aromatic carbocycles. The first-order valence-corrected chi connectivity index (χ1v) is 6.23. The van der Waals surface area contributed by atoms with Crippen LogP contribution in [0.2, 0.25) is 0 Å². The molecule has 0 aliphatic rings. The number of benzene rings is 2. The molecule has 2 rings (SSSR count). The lowest BCUT2D eigenvalue weighted by Crippen LogP contribution is -1.86. The molecule has 0 saturated carbocycles. The summed E-state index contributed by atoms with van der Waals surface area (Å²) in [4.78, 5) is 0. The van der Waals surface area contributed by atoms with Gasteiger partial charge in [0.1, 0.15) is 5.75 Å². The molecule has 0 aliphatic heterocycles. The Morgan fingerprint density at radius 2 is 1.83 bits per heavy atom. The summed E-state index contributed by atoms with van der Waals surface area (Å²) in [6, 6.07) is 18.6. The fourth-order valence-corrected chi connectivity index (χ4v) is 1.86. The van der Waals surface area contributed by atoms with E-state index < -0.39 is 0 Å². The summed E-state index contributed by atoms with van der Waals surface area (Å²) in [5.41, 5.74) is 2.57. The molecule has 0 N–H and O–H groups in total. The van der Waals surface area contributed by atoms with E-state index >= 15 is 0 Å². The van der Waals surface area contributed by atoms with Gasteiger partial charge >= 0.3 is 0 Å². The minimum absolute atomic E-state index is 0.930. The molecule has 2 aromatic rings. The molecule has 0 amide bonds. The highest BCUT2D eigenvalue weighted by molar-refractivity contribution is 5.48. The van der Waals surface area contributed by atoms with Gasteiger partial charge in [-0.15, -0.1) is 0 Å². The highest BCUT2D eigenvalue weighted by Crippen LogP contribution is 2.14. The maximum Gasteiger partial charge on any atom is 0.119 e. The molecule has 18 heavy (non-hydrogen) atoms. The largest absolute Gasteiger partial charge is 0.497 e. The molecular weight excluding hydrogens is 220 g/mol. The average molecular weight is 238 g/mol. The van der Waals surface area contributed by atoms with Crippen LogP contribution in [0, 0.1) is 0 Å². The van der Waals surface area contributed by atoms with Crippen LogP contribution in [0.5, 0.6) is 5.75 Å². The van der Waals surface area contributed by atoms with Crippen molar-refractivity contribution in [3.05, 3.63) is 71.8 Å². The van der Waals surface area contributed by atoms with E-state index in [-0.39, 0.29) is 0 Å². The first-order chi connectivity index (χ1) is 8.88. The first-order valence-electron chi connectivity index (χ1n) is 6.23. The maximum absolute atomic E-state index is 5.21. The molecule has 92 valence electrons. The maximum atomic E-state index is 5.21. The van der Waals surface area contributed by atoms with E-state index in [0.29, 0.717) is 0 Å². The number of ether oxygens (including phenoxy) is 1. The van der Waals surface area contributed by atoms with Gasteiger partial charge < -0.3 is 4.74 Å². The summed E-state index contributed by atoms with van der Waals surface area (Å²) >= 11 is 0. The standard InChI is InChI=1S/C17H18O/c1-18-17-13-7-12-16(14-17)11-6-5-10-15-8-3-2-4-9-15/h2-5,7-10,12-14H,6,11H2,1H3/b10-5-. The van der Waals surface area contributed by atoms with E-state index in [9.17, 15) is 0 Å². The van der Waals surface area contributed by atoms with Crippen LogP contribution in [0.3, 0.4) is 0 Å². The molecule has 0 fully saturated rings. The van der Waals surface area contributed by atoms with Gasteiger partial charge in [0.25, 0.3) is 0 Å². The molecule has 0 bridgehead atoms. The Bertz CT molecular complexity index is 500. The van der Waals surface area contributed by atoms with Gasteiger partial charge in [-0.3, -0.25) is 0 Å². The van der Waals surface area contributed by atoms with Crippen molar-refractivity contribution in [2.75, 3.05) is 7.11 Å². The van der Waals surface area contributed by atoms with Crippen molar-refractivity contribution in [2.45, 2.75) is 12.8 Å². The van der Waals surface area contributed by atoms with Crippen molar-refractivity contribution in [1.29, 1.82) is 0 Å². The van der Waals surface area contributed by atoms with Gasteiger partial charge in [-0.05, 0) is 36.1 Å². The Morgan fingerprint density at radius 3 is 2.61 bits per heavy atom. The zero-order valence-corrected chi connectivity index (χ0v) is 10.7. The minimum Gasteiger partial charge on any atom is -0.497 e. The van der Waals surface area contributed by atoms with E-state index in [4.69, 9.17) is 4.74 Å². The number of hydrogen-bond donors (Lipinski definition) is 0. The second-order valence-electron chi connectivity index (χ2n) is 4.20. The van der Waals surface area contributed by atoms with Crippen LogP contribution in [0.25, 0.3) is 6.08 Å². The van der Waals surface area contributed by atoms with Gasteiger partial charge in [0.15, 0.2) is 0 Å². The summed E-state index contributed by atoms with van der Waals surface area (Å²) < 4.78 is 5.21. The van der Waals surface area contributed by atoms with Crippen LogP contribution in [0.15, 0.2) is 60.7 Å². The predicted octanol–water partition coefficient (Wildman–Crippen LogP) is 4.34. The second kappa shape index (κ2) is 6.65. The van der Waals surface area contributed by atoms with Gasteiger partial charge in [0.2, 0.25) is 0 Å². The zero-order chi connectivity index (χ0) is 12.6. The third-order valence-electron chi connectivity index (χ3n) is 2.84. The fourth-order valence-electron chi connectivity index (χ4n) is 1.86. The molecule has 1 nitrogen and oxygen atoms in total. The quantitative estimate of drug-likeness (QED) is 0.753. The smallest absolute Gasteiger partial charge is 0.119 e. The number of allylic oxidation sites excluding steroid dienone is 1. The van der Waals surface area contributed by atoms with Crippen molar-refractivity contribution in [2.24, 2.45) is 0 Å². The molecule has 0 radical (unpaired) electrons. The summed E-state index contributed by atoms with van der Waals surface area (Å²) in [5.74, 6) is 0.930. The van der Waals surface area contributed by atoms with E-state index in [1.165, 1.54) is 11.1 Å². The van der Waals surface area contributed by atoms with E-state index in [2.05, 4.69) is 48.6 Å². The summed E-state index contributed by atoms with van der Waals surface area (Å²) in [6.07, 6.45) is 6.47. The van der Waals surface area contributed by atoms with Crippen LogP contribution < -0.4 is 4.74 Å². The minimum atomic E-state index is 0.930.